The lowest BCUT2D eigenvalue weighted by atomic mass is 9.71. The number of likely N-dealkylation sites (tertiary alicyclic amines) is 2. The van der Waals surface area contributed by atoms with Crippen molar-refractivity contribution in [3.63, 3.8) is 0 Å². The Balaban J connectivity index is 1.38. The number of aliphatic hydroxyl groups is 1. The highest BCUT2D eigenvalue weighted by molar-refractivity contribution is 5.39. The van der Waals surface area contributed by atoms with Crippen LogP contribution in [-0.4, -0.2) is 83.3 Å². The molecule has 144 valence electrons. The number of rotatable bonds is 4. The smallest absolute Gasteiger partial charge is 0.131 e. The molecule has 0 amide bonds. The van der Waals surface area contributed by atoms with Crippen LogP contribution in [0.2, 0.25) is 0 Å². The molecule has 0 radical (unpaired) electrons. The average Bonchev–Trinajstić information content (AvgIpc) is 3.07. The fourth-order valence-electron chi connectivity index (χ4n) is 5.43. The number of hydrogen-bond acceptors (Lipinski definition) is 6. The summed E-state index contributed by atoms with van der Waals surface area (Å²) in [4.78, 5) is 16.1. The van der Waals surface area contributed by atoms with Crippen molar-refractivity contribution in [1.29, 1.82) is 0 Å². The Labute approximate surface area is 157 Å². The van der Waals surface area contributed by atoms with Crippen LogP contribution < -0.4 is 4.90 Å². The zero-order chi connectivity index (χ0) is 18.0. The Morgan fingerprint density at radius 1 is 1.19 bits per heavy atom. The van der Waals surface area contributed by atoms with Gasteiger partial charge in [0.1, 0.15) is 12.1 Å². The fraction of sp³-hybridized carbons (Fsp3) is 0.800. The molecule has 1 aromatic heterocycles. The number of aromatic nitrogens is 2. The molecule has 1 N–H and O–H groups in total. The maximum Gasteiger partial charge on any atom is 0.131 e. The number of aliphatic hydroxyl groups excluding tert-OH is 1. The topological polar surface area (TPSA) is 55.7 Å². The second-order valence-electron chi connectivity index (χ2n) is 8.39. The number of piperidine rings is 2. The lowest BCUT2D eigenvalue weighted by Gasteiger charge is -2.46. The van der Waals surface area contributed by atoms with Gasteiger partial charge in [-0.25, -0.2) is 9.97 Å². The van der Waals surface area contributed by atoms with E-state index in [-0.39, 0.29) is 12.0 Å². The fourth-order valence-corrected chi connectivity index (χ4v) is 5.43. The van der Waals surface area contributed by atoms with Gasteiger partial charge in [-0.3, -0.25) is 0 Å². The van der Waals surface area contributed by atoms with Gasteiger partial charge in [-0.1, -0.05) is 6.92 Å². The van der Waals surface area contributed by atoms with E-state index in [1.165, 1.54) is 58.4 Å². The third-order valence-corrected chi connectivity index (χ3v) is 7.24. The number of anilines is 1. The van der Waals surface area contributed by atoms with E-state index in [9.17, 15) is 5.11 Å². The quantitative estimate of drug-likeness (QED) is 0.879. The van der Waals surface area contributed by atoms with Crippen molar-refractivity contribution in [2.45, 2.75) is 38.6 Å². The molecular formula is C20H33N5O. The van der Waals surface area contributed by atoms with E-state index < -0.39 is 0 Å². The summed E-state index contributed by atoms with van der Waals surface area (Å²) < 4.78 is 0. The van der Waals surface area contributed by atoms with Crippen molar-refractivity contribution < 1.29 is 5.11 Å². The summed E-state index contributed by atoms with van der Waals surface area (Å²) in [6, 6.07) is 2.76. The predicted octanol–water partition coefficient (Wildman–Crippen LogP) is 1.47. The Bertz CT molecular complexity index is 567. The maximum absolute atomic E-state index is 10.0. The van der Waals surface area contributed by atoms with Gasteiger partial charge >= 0.3 is 0 Å². The Hall–Kier alpha value is -1.24. The molecule has 3 aliphatic rings. The minimum Gasteiger partial charge on any atom is -0.396 e. The molecule has 0 aliphatic carbocycles. The molecule has 3 saturated heterocycles. The predicted molar refractivity (Wildman–Crippen MR) is 103 cm³/mol. The van der Waals surface area contributed by atoms with E-state index in [0.717, 1.165) is 24.9 Å². The van der Waals surface area contributed by atoms with Crippen LogP contribution in [-0.2, 0) is 0 Å². The minimum absolute atomic E-state index is 0.250. The molecule has 6 heteroatoms. The first-order chi connectivity index (χ1) is 12.7. The van der Waals surface area contributed by atoms with E-state index in [1.807, 2.05) is 12.3 Å². The van der Waals surface area contributed by atoms with Gasteiger partial charge in [0, 0.05) is 37.9 Å². The molecule has 3 aliphatic heterocycles. The molecular weight excluding hydrogens is 326 g/mol. The van der Waals surface area contributed by atoms with Gasteiger partial charge in [0.25, 0.3) is 0 Å². The first-order valence-electron chi connectivity index (χ1n) is 10.3. The van der Waals surface area contributed by atoms with Gasteiger partial charge < -0.3 is 19.8 Å². The molecule has 1 spiro atoms. The lowest BCUT2D eigenvalue weighted by molar-refractivity contribution is 0.0194. The van der Waals surface area contributed by atoms with Crippen LogP contribution in [0.15, 0.2) is 18.6 Å². The zero-order valence-corrected chi connectivity index (χ0v) is 16.1. The SMILES string of the molecule is CCN1CCC(N2CCC3(CC2)CN(c2ccncn2)CC3CO)CC1. The van der Waals surface area contributed by atoms with E-state index in [0.29, 0.717) is 5.92 Å². The third kappa shape index (κ3) is 3.47. The van der Waals surface area contributed by atoms with Gasteiger partial charge in [0.05, 0.1) is 0 Å². The molecule has 4 rings (SSSR count). The molecule has 0 saturated carbocycles. The molecule has 1 aromatic rings. The van der Waals surface area contributed by atoms with Crippen LogP contribution >= 0.6 is 0 Å². The molecule has 6 nitrogen and oxygen atoms in total. The van der Waals surface area contributed by atoms with Gasteiger partial charge in [-0.15, -0.1) is 0 Å². The largest absolute Gasteiger partial charge is 0.396 e. The third-order valence-electron chi connectivity index (χ3n) is 7.24. The summed E-state index contributed by atoms with van der Waals surface area (Å²) in [5.74, 6) is 1.37. The molecule has 26 heavy (non-hydrogen) atoms. The van der Waals surface area contributed by atoms with Gasteiger partial charge in [0.2, 0.25) is 0 Å². The van der Waals surface area contributed by atoms with Gasteiger partial charge in [-0.2, -0.15) is 0 Å². The van der Waals surface area contributed by atoms with E-state index in [4.69, 9.17) is 0 Å². The summed E-state index contributed by atoms with van der Waals surface area (Å²) >= 11 is 0. The standard InChI is InChI=1S/C20H33N5O/c1-2-23-9-4-18(5-10-23)24-11-6-20(7-12-24)15-25(13-17(20)14-26)19-3-8-21-16-22-19/h3,8,16-18,26H,2,4-7,9-15H2,1H3. The molecule has 4 heterocycles. The highest BCUT2D eigenvalue weighted by Gasteiger charge is 2.48. The molecule has 3 fully saturated rings. The van der Waals surface area contributed by atoms with Crippen molar-refractivity contribution in [1.82, 2.24) is 19.8 Å². The van der Waals surface area contributed by atoms with Crippen LogP contribution in [0.1, 0.15) is 32.6 Å². The van der Waals surface area contributed by atoms with Gasteiger partial charge in [0.15, 0.2) is 0 Å². The first-order valence-corrected chi connectivity index (χ1v) is 10.3. The summed E-state index contributed by atoms with van der Waals surface area (Å²) in [5, 5.41) is 10.0. The maximum atomic E-state index is 10.0. The van der Waals surface area contributed by atoms with Crippen LogP contribution in [0.25, 0.3) is 0 Å². The normalized spacial score (nSPS) is 28.1. The summed E-state index contributed by atoms with van der Waals surface area (Å²) in [6.07, 6.45) is 8.47. The second kappa shape index (κ2) is 7.79. The lowest BCUT2D eigenvalue weighted by Crippen LogP contribution is -2.51. The van der Waals surface area contributed by atoms with Crippen molar-refractivity contribution in [2.75, 3.05) is 57.3 Å². The Kier molecular flexibility index (Phi) is 5.43. The first kappa shape index (κ1) is 18.1. The highest BCUT2D eigenvalue weighted by Crippen LogP contribution is 2.46. The summed E-state index contributed by atoms with van der Waals surface area (Å²) in [6.45, 7) is 10.6. The second-order valence-corrected chi connectivity index (χ2v) is 8.39. The minimum atomic E-state index is 0.250. The van der Waals surface area contributed by atoms with Crippen molar-refractivity contribution in [3.05, 3.63) is 18.6 Å². The van der Waals surface area contributed by atoms with E-state index >= 15 is 0 Å². The van der Waals surface area contributed by atoms with Crippen LogP contribution in [0.5, 0.6) is 0 Å². The monoisotopic (exact) mass is 359 g/mol. The van der Waals surface area contributed by atoms with Crippen LogP contribution in [0.3, 0.4) is 0 Å². The Morgan fingerprint density at radius 2 is 1.96 bits per heavy atom. The summed E-state index contributed by atoms with van der Waals surface area (Å²) in [7, 11) is 0. The van der Waals surface area contributed by atoms with Crippen molar-refractivity contribution >= 4 is 5.82 Å². The van der Waals surface area contributed by atoms with Crippen LogP contribution in [0.4, 0.5) is 5.82 Å². The van der Waals surface area contributed by atoms with Crippen molar-refractivity contribution in [2.24, 2.45) is 11.3 Å². The van der Waals surface area contributed by atoms with Gasteiger partial charge in [-0.05, 0) is 69.9 Å². The molecule has 1 atom stereocenters. The average molecular weight is 360 g/mol. The molecule has 1 unspecified atom stereocenters. The Morgan fingerprint density at radius 3 is 2.58 bits per heavy atom. The van der Waals surface area contributed by atoms with Crippen molar-refractivity contribution in [3.8, 4) is 0 Å². The van der Waals surface area contributed by atoms with Crippen LogP contribution in [0, 0.1) is 11.3 Å². The highest BCUT2D eigenvalue weighted by atomic mass is 16.3. The zero-order valence-electron chi connectivity index (χ0n) is 16.1. The number of nitrogens with zero attached hydrogens (tertiary/aromatic N) is 5. The van der Waals surface area contributed by atoms with E-state index in [1.54, 1.807) is 6.33 Å². The van der Waals surface area contributed by atoms with E-state index in [2.05, 4.69) is 31.6 Å². The number of hydrogen-bond donors (Lipinski definition) is 1. The molecule has 0 aromatic carbocycles. The summed E-state index contributed by atoms with van der Waals surface area (Å²) in [5.41, 5.74) is 0.250. The molecule has 0 bridgehead atoms.